The standard InChI is InChI=1S/C32H55NO2/c1-21-10-15-32(33-19-21)22(2)31(9)29(7)17-16-26(4)24(27(29,5)20-30(31,8)35-32)12-13-25(3)18-23(34)11-14-28(25,26)6/h21-24,33-34H,10-20H2,1-9H3/t21-,22-,23+,24+,25-,26-,27-,28-,29-,30-,31+,32-/m0/s1. The molecule has 12 atom stereocenters. The van der Waals surface area contributed by atoms with Gasteiger partial charge in [0.2, 0.25) is 0 Å². The Balaban J connectivity index is 1.42. The highest BCUT2D eigenvalue weighted by Gasteiger charge is 2.83. The number of piperidine rings is 1. The van der Waals surface area contributed by atoms with E-state index in [0.29, 0.717) is 16.7 Å². The normalized spacial score (nSPS) is 66.0. The summed E-state index contributed by atoms with van der Waals surface area (Å²) in [5.41, 5.74) is 1.39. The SMILES string of the molecule is C[C@H]1CC[C@]2(NC1)O[C@@]1(C)C[C@@]3(C)[C@@H]4CC[C@@]5(C)C[C@H](O)CC[C@]5(C)[C@@]4(C)CC[C@]3(C)[C@@]1(C)[C@@H]2C. The van der Waals surface area contributed by atoms with E-state index in [0.717, 1.165) is 37.6 Å². The van der Waals surface area contributed by atoms with Gasteiger partial charge in [-0.3, -0.25) is 5.32 Å². The highest BCUT2D eigenvalue weighted by atomic mass is 16.5. The van der Waals surface area contributed by atoms with Gasteiger partial charge in [-0.25, -0.2) is 0 Å². The molecule has 1 spiro atoms. The molecule has 6 aliphatic rings. The minimum absolute atomic E-state index is 0.0842. The van der Waals surface area contributed by atoms with E-state index < -0.39 is 0 Å². The second kappa shape index (κ2) is 6.90. The molecule has 0 aromatic carbocycles. The van der Waals surface area contributed by atoms with Crippen LogP contribution in [0.2, 0.25) is 0 Å². The minimum atomic E-state index is -0.141. The maximum absolute atomic E-state index is 10.7. The first-order valence-electron chi connectivity index (χ1n) is 15.2. The van der Waals surface area contributed by atoms with E-state index >= 15 is 0 Å². The Bertz CT molecular complexity index is 911. The van der Waals surface area contributed by atoms with Gasteiger partial charge in [0.15, 0.2) is 0 Å². The Morgan fingerprint density at radius 3 is 2.14 bits per heavy atom. The van der Waals surface area contributed by atoms with E-state index in [1.807, 2.05) is 0 Å². The van der Waals surface area contributed by atoms with Crippen LogP contribution < -0.4 is 5.32 Å². The van der Waals surface area contributed by atoms with Gasteiger partial charge in [-0.15, -0.1) is 0 Å². The molecule has 0 bridgehead atoms. The van der Waals surface area contributed by atoms with Gasteiger partial charge < -0.3 is 9.84 Å². The predicted octanol–water partition coefficient (Wildman–Crippen LogP) is 7.32. The van der Waals surface area contributed by atoms with Crippen molar-refractivity contribution in [2.24, 2.45) is 50.2 Å². The van der Waals surface area contributed by atoms with Crippen LogP contribution in [0, 0.1) is 50.2 Å². The molecule has 2 N–H and O–H groups in total. The third-order valence-electron chi connectivity index (χ3n) is 15.9. The van der Waals surface area contributed by atoms with E-state index in [4.69, 9.17) is 4.74 Å². The van der Waals surface area contributed by atoms with Gasteiger partial charge in [-0.05, 0) is 110 Å². The number of rotatable bonds is 0. The fourth-order valence-corrected chi connectivity index (χ4v) is 12.9. The lowest BCUT2D eigenvalue weighted by Gasteiger charge is -2.73. The van der Waals surface area contributed by atoms with E-state index in [1.165, 1.54) is 44.9 Å². The molecule has 4 aliphatic carbocycles. The molecule has 2 heterocycles. The van der Waals surface area contributed by atoms with Crippen LogP contribution in [0.15, 0.2) is 0 Å². The smallest absolute Gasteiger partial charge is 0.123 e. The third kappa shape index (κ3) is 2.52. The van der Waals surface area contributed by atoms with Gasteiger partial charge in [0.1, 0.15) is 5.72 Å². The van der Waals surface area contributed by atoms with Gasteiger partial charge in [0.05, 0.1) is 11.7 Å². The second-order valence-electron chi connectivity index (χ2n) is 16.4. The summed E-state index contributed by atoms with van der Waals surface area (Å²) in [5.74, 6) is 1.99. The Morgan fingerprint density at radius 1 is 0.771 bits per heavy atom. The molecule has 3 heteroatoms. The molecule has 4 saturated carbocycles. The van der Waals surface area contributed by atoms with Crippen molar-refractivity contribution >= 4 is 0 Å². The lowest BCUT2D eigenvalue weighted by Crippen LogP contribution is -2.67. The topological polar surface area (TPSA) is 41.5 Å². The van der Waals surface area contributed by atoms with Crippen molar-refractivity contribution < 1.29 is 9.84 Å². The van der Waals surface area contributed by atoms with E-state index in [1.54, 1.807) is 0 Å². The van der Waals surface area contributed by atoms with Crippen LogP contribution in [-0.4, -0.2) is 29.1 Å². The zero-order chi connectivity index (χ0) is 25.5. The van der Waals surface area contributed by atoms with Crippen LogP contribution in [0.5, 0.6) is 0 Å². The molecule has 0 unspecified atom stereocenters. The summed E-state index contributed by atoms with van der Waals surface area (Å²) in [7, 11) is 0. The molecular formula is C32H55NO2. The third-order valence-corrected chi connectivity index (χ3v) is 15.9. The Kier molecular flexibility index (Phi) is 4.96. The summed E-state index contributed by atoms with van der Waals surface area (Å²) in [6.45, 7) is 24.4. The lowest BCUT2D eigenvalue weighted by molar-refractivity contribution is -0.255. The molecule has 0 aromatic heterocycles. The fraction of sp³-hybridized carbons (Fsp3) is 1.00. The summed E-state index contributed by atoms with van der Waals surface area (Å²) in [6.07, 6.45) is 12.0. The van der Waals surface area contributed by atoms with Crippen molar-refractivity contribution in [3.05, 3.63) is 0 Å². The van der Waals surface area contributed by atoms with Crippen molar-refractivity contribution in [3.8, 4) is 0 Å². The highest BCUT2D eigenvalue weighted by molar-refractivity contribution is 5.31. The van der Waals surface area contributed by atoms with Gasteiger partial charge in [-0.1, -0.05) is 55.4 Å². The quantitative estimate of drug-likeness (QED) is 0.378. The maximum Gasteiger partial charge on any atom is 0.123 e. The molecule has 0 radical (unpaired) electrons. The Hall–Kier alpha value is -0.120. The lowest BCUT2D eigenvalue weighted by atomic mass is 9.31. The number of hydrogen-bond donors (Lipinski definition) is 2. The van der Waals surface area contributed by atoms with Crippen molar-refractivity contribution in [3.63, 3.8) is 0 Å². The Labute approximate surface area is 215 Å². The number of ether oxygens (including phenoxy) is 1. The zero-order valence-corrected chi connectivity index (χ0v) is 24.4. The van der Waals surface area contributed by atoms with Crippen LogP contribution in [0.1, 0.15) is 127 Å². The van der Waals surface area contributed by atoms with E-state index in [2.05, 4.69) is 67.6 Å². The molecular weight excluding hydrogens is 430 g/mol. The first-order chi connectivity index (χ1) is 16.1. The van der Waals surface area contributed by atoms with Crippen molar-refractivity contribution in [1.82, 2.24) is 5.32 Å². The Morgan fingerprint density at radius 2 is 1.49 bits per heavy atom. The molecule has 2 saturated heterocycles. The second-order valence-corrected chi connectivity index (χ2v) is 16.4. The molecule has 2 aliphatic heterocycles. The largest absolute Gasteiger partial charge is 0.393 e. The highest BCUT2D eigenvalue weighted by Crippen LogP contribution is 2.85. The molecule has 3 nitrogen and oxygen atoms in total. The summed E-state index contributed by atoms with van der Waals surface area (Å²) in [5, 5.41) is 14.6. The summed E-state index contributed by atoms with van der Waals surface area (Å²) in [6, 6.07) is 0. The van der Waals surface area contributed by atoms with Gasteiger partial charge in [0, 0.05) is 17.9 Å². The maximum atomic E-state index is 10.7. The number of aliphatic hydroxyl groups excluding tert-OH is 1. The number of hydrogen-bond acceptors (Lipinski definition) is 3. The van der Waals surface area contributed by atoms with E-state index in [9.17, 15) is 5.11 Å². The monoisotopic (exact) mass is 485 g/mol. The molecule has 0 aromatic rings. The zero-order valence-electron chi connectivity index (χ0n) is 24.4. The first kappa shape index (κ1) is 25.2. The summed E-state index contributed by atoms with van der Waals surface area (Å²) in [4.78, 5) is 0. The average Bonchev–Trinajstić information content (AvgIpc) is 3.02. The van der Waals surface area contributed by atoms with Crippen molar-refractivity contribution in [2.75, 3.05) is 6.54 Å². The average molecular weight is 486 g/mol. The van der Waals surface area contributed by atoms with Crippen LogP contribution >= 0.6 is 0 Å². The van der Waals surface area contributed by atoms with Crippen LogP contribution in [0.25, 0.3) is 0 Å². The van der Waals surface area contributed by atoms with Crippen LogP contribution in [-0.2, 0) is 4.74 Å². The minimum Gasteiger partial charge on any atom is -0.393 e. The van der Waals surface area contributed by atoms with Crippen molar-refractivity contribution in [2.45, 2.75) is 144 Å². The van der Waals surface area contributed by atoms with Gasteiger partial charge in [0.25, 0.3) is 0 Å². The number of nitrogens with one attached hydrogen (secondary N) is 1. The van der Waals surface area contributed by atoms with E-state index in [-0.39, 0.29) is 39.1 Å². The van der Waals surface area contributed by atoms with Crippen molar-refractivity contribution in [1.29, 1.82) is 0 Å². The fourth-order valence-electron chi connectivity index (χ4n) is 12.9. The predicted molar refractivity (Wildman–Crippen MR) is 143 cm³/mol. The molecule has 200 valence electrons. The van der Waals surface area contributed by atoms with Crippen LogP contribution in [0.3, 0.4) is 0 Å². The van der Waals surface area contributed by atoms with Gasteiger partial charge >= 0.3 is 0 Å². The summed E-state index contributed by atoms with van der Waals surface area (Å²) < 4.78 is 7.42. The number of aliphatic hydroxyl groups is 1. The molecule has 0 amide bonds. The molecule has 35 heavy (non-hydrogen) atoms. The number of fused-ring (bicyclic) bond motifs is 7. The first-order valence-corrected chi connectivity index (χ1v) is 15.2. The molecule has 6 rings (SSSR count). The van der Waals surface area contributed by atoms with Gasteiger partial charge in [-0.2, -0.15) is 0 Å². The summed E-state index contributed by atoms with van der Waals surface area (Å²) >= 11 is 0. The molecule has 6 fully saturated rings. The van der Waals surface area contributed by atoms with Crippen LogP contribution in [0.4, 0.5) is 0 Å².